The minimum absolute atomic E-state index is 0.506. The van der Waals surface area contributed by atoms with Crippen molar-refractivity contribution in [3.63, 3.8) is 0 Å². The van der Waals surface area contributed by atoms with Crippen LogP contribution in [0.4, 0.5) is 0 Å². The largest absolute Gasteiger partial charge is 0.456 e. The van der Waals surface area contributed by atoms with Gasteiger partial charge in [-0.1, -0.05) is 0 Å². The van der Waals surface area contributed by atoms with E-state index in [9.17, 15) is 14.7 Å². The van der Waals surface area contributed by atoms with Gasteiger partial charge < -0.3 is 19.3 Å². The van der Waals surface area contributed by atoms with Gasteiger partial charge in [0, 0.05) is 13.8 Å². The Hall–Kier alpha value is -1.14. The maximum absolute atomic E-state index is 10.8. The summed E-state index contributed by atoms with van der Waals surface area (Å²) in [6.45, 7) is 4.07. The Balaban J connectivity index is 2.70. The Morgan fingerprint density at radius 2 is 1.60 bits per heavy atom. The lowest BCUT2D eigenvalue weighted by atomic mass is 10.1. The Morgan fingerprint density at radius 3 is 2.07 bits per heavy atom. The number of esters is 2. The minimum Gasteiger partial charge on any atom is -0.456 e. The van der Waals surface area contributed by atoms with E-state index in [0.29, 0.717) is 0 Å². The van der Waals surface area contributed by atoms with Gasteiger partial charge in [0.05, 0.1) is 6.10 Å². The first-order valence-corrected chi connectivity index (χ1v) is 4.59. The van der Waals surface area contributed by atoms with Gasteiger partial charge in [0.1, 0.15) is 0 Å². The van der Waals surface area contributed by atoms with Crippen LogP contribution < -0.4 is 0 Å². The van der Waals surface area contributed by atoms with Crippen LogP contribution in [0.15, 0.2) is 0 Å². The highest BCUT2D eigenvalue weighted by atomic mass is 16.7. The van der Waals surface area contributed by atoms with Crippen LogP contribution in [0.1, 0.15) is 20.8 Å². The highest BCUT2D eigenvalue weighted by molar-refractivity contribution is 5.67. The molecule has 0 aliphatic carbocycles. The van der Waals surface area contributed by atoms with Crippen molar-refractivity contribution in [2.24, 2.45) is 0 Å². The van der Waals surface area contributed by atoms with Crippen molar-refractivity contribution in [3.05, 3.63) is 0 Å². The molecule has 0 saturated carbocycles. The van der Waals surface area contributed by atoms with Crippen LogP contribution in [-0.4, -0.2) is 41.6 Å². The molecule has 1 aliphatic heterocycles. The monoisotopic (exact) mass is 218 g/mol. The van der Waals surface area contributed by atoms with Crippen molar-refractivity contribution in [3.8, 4) is 0 Å². The lowest BCUT2D eigenvalue weighted by molar-refractivity contribution is -0.174. The number of carbonyl (C=O) groups is 2. The second kappa shape index (κ2) is 4.59. The van der Waals surface area contributed by atoms with E-state index < -0.39 is 36.5 Å². The molecule has 6 heteroatoms. The SMILES string of the molecule is CC(=O)O[C@@H]1[C@H](OC(C)=O)C(O)O[C@@H]1C. The molecule has 1 N–H and O–H groups in total. The molecular formula is C9H14O6. The van der Waals surface area contributed by atoms with Crippen LogP contribution >= 0.6 is 0 Å². The lowest BCUT2D eigenvalue weighted by Gasteiger charge is -2.20. The molecule has 0 aromatic heterocycles. The van der Waals surface area contributed by atoms with Crippen LogP contribution in [-0.2, 0) is 23.8 Å². The summed E-state index contributed by atoms with van der Waals surface area (Å²) in [5.41, 5.74) is 0. The number of carbonyl (C=O) groups excluding carboxylic acids is 2. The molecule has 1 rings (SSSR count). The summed E-state index contributed by atoms with van der Waals surface area (Å²) in [6.07, 6.45) is -3.48. The quantitative estimate of drug-likeness (QED) is 0.634. The second-order valence-corrected chi connectivity index (χ2v) is 3.38. The zero-order chi connectivity index (χ0) is 11.6. The second-order valence-electron chi connectivity index (χ2n) is 3.38. The third kappa shape index (κ3) is 2.90. The fourth-order valence-corrected chi connectivity index (χ4v) is 1.48. The van der Waals surface area contributed by atoms with E-state index in [1.54, 1.807) is 6.92 Å². The minimum atomic E-state index is -1.26. The molecule has 0 amide bonds. The number of hydrogen-bond donors (Lipinski definition) is 1. The van der Waals surface area contributed by atoms with E-state index in [2.05, 4.69) is 0 Å². The maximum atomic E-state index is 10.8. The Bertz CT molecular complexity index is 237. The van der Waals surface area contributed by atoms with Crippen molar-refractivity contribution in [1.82, 2.24) is 0 Å². The molecule has 6 nitrogen and oxygen atoms in total. The van der Waals surface area contributed by atoms with Gasteiger partial charge in [0.15, 0.2) is 18.5 Å². The summed E-state index contributed by atoms with van der Waals surface area (Å²) in [5.74, 6) is -1.07. The van der Waals surface area contributed by atoms with Crippen molar-refractivity contribution in [1.29, 1.82) is 0 Å². The predicted octanol–water partition coefficient (Wildman–Crippen LogP) is -0.413. The molecule has 1 fully saturated rings. The van der Waals surface area contributed by atoms with Crippen LogP contribution in [0.3, 0.4) is 0 Å². The fraction of sp³-hybridized carbons (Fsp3) is 0.778. The Labute approximate surface area is 87.1 Å². The molecule has 1 heterocycles. The predicted molar refractivity (Wildman–Crippen MR) is 47.7 cm³/mol. The van der Waals surface area contributed by atoms with E-state index in [1.807, 2.05) is 0 Å². The zero-order valence-electron chi connectivity index (χ0n) is 8.80. The molecule has 0 bridgehead atoms. The number of ether oxygens (including phenoxy) is 3. The normalized spacial score (nSPS) is 34.9. The van der Waals surface area contributed by atoms with Gasteiger partial charge in [-0.3, -0.25) is 9.59 Å². The molecule has 1 aliphatic rings. The van der Waals surface area contributed by atoms with Gasteiger partial charge in [-0.25, -0.2) is 0 Å². The number of aliphatic hydroxyl groups excluding tert-OH is 1. The number of hydrogen-bond acceptors (Lipinski definition) is 6. The van der Waals surface area contributed by atoms with Gasteiger partial charge in [-0.2, -0.15) is 0 Å². The first-order valence-electron chi connectivity index (χ1n) is 4.59. The Morgan fingerprint density at radius 1 is 1.13 bits per heavy atom. The maximum Gasteiger partial charge on any atom is 0.303 e. The molecule has 15 heavy (non-hydrogen) atoms. The summed E-state index contributed by atoms with van der Waals surface area (Å²) in [6, 6.07) is 0. The van der Waals surface area contributed by atoms with E-state index in [4.69, 9.17) is 14.2 Å². The van der Waals surface area contributed by atoms with Crippen molar-refractivity contribution in [2.75, 3.05) is 0 Å². The summed E-state index contributed by atoms with van der Waals surface area (Å²) in [4.78, 5) is 21.5. The molecule has 0 radical (unpaired) electrons. The molecule has 86 valence electrons. The first-order chi connectivity index (χ1) is 6.91. The van der Waals surface area contributed by atoms with Crippen molar-refractivity contribution < 1.29 is 28.9 Å². The summed E-state index contributed by atoms with van der Waals surface area (Å²) < 4.78 is 14.7. The standard InChI is InChI=1S/C9H14O6/c1-4-7(14-5(2)10)8(9(12)13-4)15-6(3)11/h4,7-9,12H,1-3H3/t4-,7+,8+,9?/m1/s1. The molecular weight excluding hydrogens is 204 g/mol. The smallest absolute Gasteiger partial charge is 0.303 e. The fourth-order valence-electron chi connectivity index (χ4n) is 1.48. The van der Waals surface area contributed by atoms with Gasteiger partial charge in [0.2, 0.25) is 0 Å². The molecule has 0 aromatic rings. The summed E-state index contributed by atoms with van der Waals surface area (Å²) in [7, 11) is 0. The molecule has 4 atom stereocenters. The third-order valence-electron chi connectivity index (χ3n) is 2.03. The van der Waals surface area contributed by atoms with Gasteiger partial charge in [-0.05, 0) is 6.92 Å². The topological polar surface area (TPSA) is 82.1 Å². The molecule has 0 spiro atoms. The molecule has 1 saturated heterocycles. The first kappa shape index (κ1) is 11.9. The van der Waals surface area contributed by atoms with Crippen LogP contribution in [0.25, 0.3) is 0 Å². The van der Waals surface area contributed by atoms with Gasteiger partial charge in [-0.15, -0.1) is 0 Å². The van der Waals surface area contributed by atoms with Crippen LogP contribution in [0.5, 0.6) is 0 Å². The number of aliphatic hydroxyl groups is 1. The van der Waals surface area contributed by atoms with E-state index >= 15 is 0 Å². The highest BCUT2D eigenvalue weighted by Gasteiger charge is 2.46. The average molecular weight is 218 g/mol. The van der Waals surface area contributed by atoms with Crippen LogP contribution in [0.2, 0.25) is 0 Å². The average Bonchev–Trinajstić information content (AvgIpc) is 2.30. The van der Waals surface area contributed by atoms with E-state index in [0.717, 1.165) is 0 Å². The lowest BCUT2D eigenvalue weighted by Crippen LogP contribution is -2.39. The zero-order valence-corrected chi connectivity index (χ0v) is 8.80. The third-order valence-corrected chi connectivity index (χ3v) is 2.03. The molecule has 0 aromatic carbocycles. The van der Waals surface area contributed by atoms with Gasteiger partial charge in [0.25, 0.3) is 0 Å². The molecule has 1 unspecified atom stereocenters. The van der Waals surface area contributed by atoms with Crippen LogP contribution in [0, 0.1) is 0 Å². The van der Waals surface area contributed by atoms with E-state index in [1.165, 1.54) is 13.8 Å². The van der Waals surface area contributed by atoms with Crippen molar-refractivity contribution in [2.45, 2.75) is 45.4 Å². The Kier molecular flexibility index (Phi) is 3.65. The number of rotatable bonds is 2. The van der Waals surface area contributed by atoms with Gasteiger partial charge >= 0.3 is 11.9 Å². The van der Waals surface area contributed by atoms with Crippen molar-refractivity contribution >= 4 is 11.9 Å². The summed E-state index contributed by atoms with van der Waals surface area (Å²) in [5, 5.41) is 9.40. The van der Waals surface area contributed by atoms with E-state index in [-0.39, 0.29) is 0 Å². The summed E-state index contributed by atoms with van der Waals surface area (Å²) >= 11 is 0. The highest BCUT2D eigenvalue weighted by Crippen LogP contribution is 2.25.